The lowest BCUT2D eigenvalue weighted by atomic mass is 9.92. The van der Waals surface area contributed by atoms with Gasteiger partial charge in [-0.2, -0.15) is 0 Å². The predicted molar refractivity (Wildman–Crippen MR) is 71.9 cm³/mol. The molecule has 4 nitrogen and oxygen atoms in total. The van der Waals surface area contributed by atoms with E-state index in [1.54, 1.807) is 11.0 Å². The molecule has 1 aromatic carbocycles. The van der Waals surface area contributed by atoms with Crippen LogP contribution >= 0.6 is 0 Å². The quantitative estimate of drug-likeness (QED) is 0.921. The van der Waals surface area contributed by atoms with Gasteiger partial charge in [0.15, 0.2) is 0 Å². The van der Waals surface area contributed by atoms with Crippen molar-refractivity contribution in [3.8, 4) is 0 Å². The van der Waals surface area contributed by atoms with Crippen molar-refractivity contribution >= 4 is 11.9 Å². The lowest BCUT2D eigenvalue weighted by Gasteiger charge is -2.32. The van der Waals surface area contributed by atoms with E-state index >= 15 is 0 Å². The van der Waals surface area contributed by atoms with Crippen LogP contribution in [0.4, 0.5) is 4.39 Å². The SMILES string of the molecule is O=C(O)CCC1CCN(C(=O)c2cccc(F)c2)CC1. The van der Waals surface area contributed by atoms with E-state index in [9.17, 15) is 14.0 Å². The number of rotatable bonds is 4. The third-order valence-electron chi connectivity index (χ3n) is 3.74. The molecule has 2 rings (SSSR count). The molecule has 0 radical (unpaired) electrons. The van der Waals surface area contributed by atoms with Crippen LogP contribution in [0.5, 0.6) is 0 Å². The fraction of sp³-hybridized carbons (Fsp3) is 0.467. The van der Waals surface area contributed by atoms with Gasteiger partial charge in [0.25, 0.3) is 5.91 Å². The number of hydrogen-bond donors (Lipinski definition) is 1. The van der Waals surface area contributed by atoms with E-state index in [1.165, 1.54) is 18.2 Å². The molecule has 1 aliphatic rings. The van der Waals surface area contributed by atoms with E-state index in [2.05, 4.69) is 0 Å². The number of hydrogen-bond acceptors (Lipinski definition) is 2. The highest BCUT2D eigenvalue weighted by Gasteiger charge is 2.24. The van der Waals surface area contributed by atoms with Crippen LogP contribution in [-0.2, 0) is 4.79 Å². The van der Waals surface area contributed by atoms with E-state index in [1.807, 2.05) is 0 Å². The molecule has 108 valence electrons. The minimum absolute atomic E-state index is 0.152. The highest BCUT2D eigenvalue weighted by atomic mass is 19.1. The normalized spacial score (nSPS) is 16.1. The van der Waals surface area contributed by atoms with Gasteiger partial charge < -0.3 is 10.0 Å². The van der Waals surface area contributed by atoms with Crippen LogP contribution in [-0.4, -0.2) is 35.0 Å². The molecule has 5 heteroatoms. The maximum atomic E-state index is 13.1. The Morgan fingerprint density at radius 1 is 1.30 bits per heavy atom. The maximum Gasteiger partial charge on any atom is 0.303 e. The summed E-state index contributed by atoms with van der Waals surface area (Å²) < 4.78 is 13.1. The van der Waals surface area contributed by atoms with Crippen LogP contribution < -0.4 is 0 Å². The summed E-state index contributed by atoms with van der Waals surface area (Å²) in [7, 11) is 0. The minimum Gasteiger partial charge on any atom is -0.481 e. The second-order valence-corrected chi connectivity index (χ2v) is 5.18. The van der Waals surface area contributed by atoms with Crippen LogP contribution in [0, 0.1) is 11.7 Å². The van der Waals surface area contributed by atoms with Gasteiger partial charge in [0.1, 0.15) is 5.82 Å². The molecule has 1 N–H and O–H groups in total. The first-order valence-electron chi connectivity index (χ1n) is 6.83. The highest BCUT2D eigenvalue weighted by molar-refractivity contribution is 5.94. The summed E-state index contributed by atoms with van der Waals surface area (Å²) in [5.74, 6) is -0.973. The Morgan fingerprint density at radius 2 is 2.00 bits per heavy atom. The molecule has 0 saturated carbocycles. The summed E-state index contributed by atoms with van der Waals surface area (Å²) in [6, 6.07) is 5.71. The summed E-state index contributed by atoms with van der Waals surface area (Å²) in [5.41, 5.74) is 0.369. The fourth-order valence-electron chi connectivity index (χ4n) is 2.56. The van der Waals surface area contributed by atoms with Crippen molar-refractivity contribution in [3.63, 3.8) is 0 Å². The number of nitrogens with zero attached hydrogens (tertiary/aromatic N) is 1. The number of carboxylic acid groups (broad SMARTS) is 1. The molecule has 1 saturated heterocycles. The van der Waals surface area contributed by atoms with Crippen molar-refractivity contribution in [2.24, 2.45) is 5.92 Å². The second kappa shape index (κ2) is 6.50. The van der Waals surface area contributed by atoms with Gasteiger partial charge in [0, 0.05) is 25.1 Å². The summed E-state index contributed by atoms with van der Waals surface area (Å²) in [4.78, 5) is 24.4. The molecule has 0 unspecified atom stereocenters. The van der Waals surface area contributed by atoms with Gasteiger partial charge >= 0.3 is 5.97 Å². The van der Waals surface area contributed by atoms with Gasteiger partial charge in [-0.1, -0.05) is 6.07 Å². The number of carbonyl (C=O) groups is 2. The third-order valence-corrected chi connectivity index (χ3v) is 3.74. The molecule has 0 aliphatic carbocycles. The van der Waals surface area contributed by atoms with Gasteiger partial charge in [0.05, 0.1) is 0 Å². The Bertz CT molecular complexity index is 496. The van der Waals surface area contributed by atoms with Crippen molar-refractivity contribution in [2.45, 2.75) is 25.7 Å². The Balaban J connectivity index is 1.87. The van der Waals surface area contributed by atoms with Gasteiger partial charge in [-0.05, 0) is 43.4 Å². The van der Waals surface area contributed by atoms with Crippen LogP contribution in [0.2, 0.25) is 0 Å². The van der Waals surface area contributed by atoms with E-state index in [0.717, 1.165) is 12.8 Å². The number of piperidine rings is 1. The van der Waals surface area contributed by atoms with Crippen molar-refractivity contribution < 1.29 is 19.1 Å². The lowest BCUT2D eigenvalue weighted by Crippen LogP contribution is -2.38. The number of carboxylic acids is 1. The molecule has 1 aromatic rings. The predicted octanol–water partition coefficient (Wildman–Crippen LogP) is 2.54. The maximum absolute atomic E-state index is 13.1. The zero-order chi connectivity index (χ0) is 14.5. The average Bonchev–Trinajstić information content (AvgIpc) is 2.45. The van der Waals surface area contributed by atoms with Crippen molar-refractivity contribution in [1.29, 1.82) is 0 Å². The van der Waals surface area contributed by atoms with Crippen molar-refractivity contribution in [1.82, 2.24) is 4.90 Å². The number of halogens is 1. The first-order chi connectivity index (χ1) is 9.56. The van der Waals surface area contributed by atoms with E-state index in [-0.39, 0.29) is 12.3 Å². The van der Waals surface area contributed by atoms with Crippen molar-refractivity contribution in [3.05, 3.63) is 35.6 Å². The Hall–Kier alpha value is -1.91. The van der Waals surface area contributed by atoms with Gasteiger partial charge in [-0.25, -0.2) is 4.39 Å². The highest BCUT2D eigenvalue weighted by Crippen LogP contribution is 2.23. The topological polar surface area (TPSA) is 57.6 Å². The molecule has 1 heterocycles. The van der Waals surface area contributed by atoms with Crippen LogP contribution in [0.1, 0.15) is 36.0 Å². The molecule has 0 atom stereocenters. The monoisotopic (exact) mass is 279 g/mol. The molecule has 20 heavy (non-hydrogen) atoms. The molecular weight excluding hydrogens is 261 g/mol. The first kappa shape index (κ1) is 14.5. The van der Waals surface area contributed by atoms with E-state index in [4.69, 9.17) is 5.11 Å². The summed E-state index contributed by atoms with van der Waals surface area (Å²) >= 11 is 0. The second-order valence-electron chi connectivity index (χ2n) is 5.18. The average molecular weight is 279 g/mol. The molecule has 0 spiro atoms. The number of aliphatic carboxylic acids is 1. The fourth-order valence-corrected chi connectivity index (χ4v) is 2.56. The van der Waals surface area contributed by atoms with Gasteiger partial charge in [-0.3, -0.25) is 9.59 Å². The third kappa shape index (κ3) is 3.79. The molecule has 0 aromatic heterocycles. The molecule has 1 fully saturated rings. The van der Waals surface area contributed by atoms with Gasteiger partial charge in [0.2, 0.25) is 0 Å². The summed E-state index contributed by atoms with van der Waals surface area (Å²) in [6.45, 7) is 1.22. The summed E-state index contributed by atoms with van der Waals surface area (Å²) in [6.07, 6.45) is 2.47. The van der Waals surface area contributed by atoms with Crippen molar-refractivity contribution in [2.75, 3.05) is 13.1 Å². The minimum atomic E-state index is -0.775. The Morgan fingerprint density at radius 3 is 2.60 bits per heavy atom. The zero-order valence-corrected chi connectivity index (χ0v) is 11.2. The van der Waals surface area contributed by atoms with Crippen LogP contribution in [0.3, 0.4) is 0 Å². The smallest absolute Gasteiger partial charge is 0.303 e. The molecular formula is C15H18FNO3. The molecule has 0 bridgehead atoms. The number of benzene rings is 1. The first-order valence-corrected chi connectivity index (χ1v) is 6.83. The lowest BCUT2D eigenvalue weighted by molar-refractivity contribution is -0.137. The van der Waals surface area contributed by atoms with Crippen LogP contribution in [0.15, 0.2) is 24.3 Å². The largest absolute Gasteiger partial charge is 0.481 e. The molecule has 1 aliphatic heterocycles. The number of carbonyl (C=O) groups excluding carboxylic acids is 1. The Kier molecular flexibility index (Phi) is 4.71. The number of likely N-dealkylation sites (tertiary alicyclic amines) is 1. The zero-order valence-electron chi connectivity index (χ0n) is 11.2. The Labute approximate surface area is 117 Å². The van der Waals surface area contributed by atoms with E-state index in [0.29, 0.717) is 31.0 Å². The standard InChI is InChI=1S/C15H18FNO3/c16-13-3-1-2-12(10-13)15(20)17-8-6-11(7-9-17)4-5-14(18)19/h1-3,10-11H,4-9H2,(H,18,19). The molecule has 1 amide bonds. The van der Waals surface area contributed by atoms with Gasteiger partial charge in [-0.15, -0.1) is 0 Å². The van der Waals surface area contributed by atoms with E-state index < -0.39 is 11.8 Å². The van der Waals surface area contributed by atoms with Crippen LogP contribution in [0.25, 0.3) is 0 Å². The number of amides is 1. The summed E-state index contributed by atoms with van der Waals surface area (Å²) in [5, 5.41) is 8.66.